The number of benzene rings is 3. The number of hydrogen-bond donors (Lipinski definition) is 2. The lowest BCUT2D eigenvalue weighted by Gasteiger charge is -2.17. The van der Waals surface area contributed by atoms with Crippen molar-refractivity contribution in [1.82, 2.24) is 10.2 Å². The fraction of sp³-hybridized carbons (Fsp3) is 0.185. The van der Waals surface area contributed by atoms with Crippen LogP contribution >= 0.6 is 0 Å². The van der Waals surface area contributed by atoms with Gasteiger partial charge in [-0.3, -0.25) is 24.1 Å². The van der Waals surface area contributed by atoms with Crippen LogP contribution in [-0.4, -0.2) is 35.1 Å². The van der Waals surface area contributed by atoms with Gasteiger partial charge < -0.3 is 10.6 Å². The molecule has 1 heterocycles. The van der Waals surface area contributed by atoms with Crippen LogP contribution in [0, 0.1) is 6.92 Å². The number of anilines is 1. The second kappa shape index (κ2) is 9.70. The van der Waals surface area contributed by atoms with Crippen molar-refractivity contribution >= 4 is 29.3 Å². The highest BCUT2D eigenvalue weighted by Crippen LogP contribution is 2.24. The number of carbonyl (C=O) groups is 4. The molecule has 3 aromatic carbocycles. The van der Waals surface area contributed by atoms with Gasteiger partial charge in [0.05, 0.1) is 28.4 Å². The molecule has 1 unspecified atom stereocenters. The molecule has 3 aromatic rings. The first kappa shape index (κ1) is 22.9. The second-order valence-corrected chi connectivity index (χ2v) is 8.26. The Hall–Kier alpha value is -4.26. The molecule has 0 bridgehead atoms. The Labute approximate surface area is 197 Å². The van der Waals surface area contributed by atoms with Gasteiger partial charge in [0.15, 0.2) is 0 Å². The van der Waals surface area contributed by atoms with Crippen LogP contribution in [0.3, 0.4) is 0 Å². The van der Waals surface area contributed by atoms with E-state index < -0.39 is 17.7 Å². The van der Waals surface area contributed by atoms with E-state index in [0.717, 1.165) is 16.0 Å². The van der Waals surface area contributed by atoms with Crippen LogP contribution in [0.25, 0.3) is 0 Å². The summed E-state index contributed by atoms with van der Waals surface area (Å²) in [6, 6.07) is 21.2. The standard InChI is InChI=1S/C27H25N3O4/c1-17-12-13-20-22(16-17)27(34)30(26(20)33)15-14-24(31)29-23-11-7-6-10-21(23)25(32)28-18(2)19-8-4-3-5-9-19/h3-13,16,18H,14-15H2,1-2H3,(H,28,32)(H,29,31). The number of nitrogens with one attached hydrogen (secondary N) is 2. The first-order valence-electron chi connectivity index (χ1n) is 11.1. The summed E-state index contributed by atoms with van der Waals surface area (Å²) in [5, 5.41) is 5.68. The Morgan fingerprint density at radius 2 is 1.56 bits per heavy atom. The van der Waals surface area contributed by atoms with Crippen molar-refractivity contribution in [3.8, 4) is 0 Å². The highest BCUT2D eigenvalue weighted by Gasteiger charge is 2.35. The first-order chi connectivity index (χ1) is 16.3. The number of rotatable bonds is 7. The third-order valence-electron chi connectivity index (χ3n) is 5.78. The van der Waals surface area contributed by atoms with Gasteiger partial charge in [-0.05, 0) is 43.7 Å². The molecule has 0 radical (unpaired) electrons. The summed E-state index contributed by atoms with van der Waals surface area (Å²) in [5.74, 6) is -1.51. The topological polar surface area (TPSA) is 95.6 Å². The third-order valence-corrected chi connectivity index (χ3v) is 5.78. The van der Waals surface area contributed by atoms with Crippen LogP contribution < -0.4 is 10.6 Å². The molecule has 172 valence electrons. The fourth-order valence-electron chi connectivity index (χ4n) is 3.92. The van der Waals surface area contributed by atoms with Crippen molar-refractivity contribution in [2.45, 2.75) is 26.3 Å². The summed E-state index contributed by atoms with van der Waals surface area (Å²) in [7, 11) is 0. The lowest BCUT2D eigenvalue weighted by molar-refractivity contribution is -0.116. The van der Waals surface area contributed by atoms with Crippen LogP contribution in [0.4, 0.5) is 5.69 Å². The number of hydrogen-bond acceptors (Lipinski definition) is 4. The largest absolute Gasteiger partial charge is 0.345 e. The van der Waals surface area contributed by atoms with Crippen molar-refractivity contribution < 1.29 is 19.2 Å². The highest BCUT2D eigenvalue weighted by molar-refractivity contribution is 6.21. The maximum Gasteiger partial charge on any atom is 0.261 e. The van der Waals surface area contributed by atoms with E-state index in [9.17, 15) is 19.2 Å². The van der Waals surface area contributed by atoms with E-state index >= 15 is 0 Å². The van der Waals surface area contributed by atoms with Gasteiger partial charge in [0, 0.05) is 13.0 Å². The van der Waals surface area contributed by atoms with Gasteiger partial charge in [-0.1, -0.05) is 54.1 Å². The smallest absolute Gasteiger partial charge is 0.261 e. The molecule has 4 rings (SSSR count). The first-order valence-corrected chi connectivity index (χ1v) is 11.1. The Kier molecular flexibility index (Phi) is 6.54. The number of aryl methyl sites for hydroxylation is 1. The summed E-state index contributed by atoms with van der Waals surface area (Å²) in [6.45, 7) is 3.69. The van der Waals surface area contributed by atoms with Crippen LogP contribution in [-0.2, 0) is 4.79 Å². The SMILES string of the molecule is Cc1ccc2c(c1)C(=O)N(CCC(=O)Nc1ccccc1C(=O)NC(C)c1ccccc1)C2=O. The molecule has 0 saturated heterocycles. The lowest BCUT2D eigenvalue weighted by Crippen LogP contribution is -2.33. The second-order valence-electron chi connectivity index (χ2n) is 8.26. The maximum atomic E-state index is 12.9. The Bertz CT molecular complexity index is 1270. The molecular formula is C27H25N3O4. The Morgan fingerprint density at radius 3 is 2.32 bits per heavy atom. The molecule has 1 aliphatic rings. The van der Waals surface area contributed by atoms with E-state index in [1.54, 1.807) is 42.5 Å². The average Bonchev–Trinajstić information content (AvgIpc) is 3.07. The average molecular weight is 456 g/mol. The monoisotopic (exact) mass is 455 g/mol. The molecule has 0 spiro atoms. The van der Waals surface area contributed by atoms with Crippen molar-refractivity contribution in [3.05, 3.63) is 101 Å². The molecule has 0 aromatic heterocycles. The van der Waals surface area contributed by atoms with E-state index in [1.807, 2.05) is 44.2 Å². The predicted octanol–water partition coefficient (Wildman–Crippen LogP) is 4.11. The number of imide groups is 1. The van der Waals surface area contributed by atoms with Gasteiger partial charge in [0.2, 0.25) is 5.91 Å². The van der Waals surface area contributed by atoms with Gasteiger partial charge in [0.1, 0.15) is 0 Å². The molecule has 0 aliphatic carbocycles. The van der Waals surface area contributed by atoms with Crippen molar-refractivity contribution in [2.24, 2.45) is 0 Å². The highest BCUT2D eigenvalue weighted by atomic mass is 16.2. The number of nitrogens with zero attached hydrogens (tertiary/aromatic N) is 1. The minimum Gasteiger partial charge on any atom is -0.345 e. The predicted molar refractivity (Wildman–Crippen MR) is 129 cm³/mol. The number of fused-ring (bicyclic) bond motifs is 1. The van der Waals surface area contributed by atoms with E-state index in [1.165, 1.54) is 0 Å². The molecule has 0 fully saturated rings. The molecule has 0 saturated carbocycles. The van der Waals surface area contributed by atoms with Crippen molar-refractivity contribution in [1.29, 1.82) is 0 Å². The lowest BCUT2D eigenvalue weighted by atomic mass is 10.1. The minimum atomic E-state index is -0.400. The van der Waals surface area contributed by atoms with Crippen molar-refractivity contribution in [3.63, 3.8) is 0 Å². The summed E-state index contributed by atoms with van der Waals surface area (Å²) < 4.78 is 0. The number of para-hydroxylation sites is 1. The summed E-state index contributed by atoms with van der Waals surface area (Å²) in [6.07, 6.45) is -0.0825. The normalized spacial score (nSPS) is 13.4. The van der Waals surface area contributed by atoms with Crippen molar-refractivity contribution in [2.75, 3.05) is 11.9 Å². The quantitative estimate of drug-likeness (QED) is 0.524. The zero-order chi connectivity index (χ0) is 24.2. The minimum absolute atomic E-state index is 0.0450. The molecule has 1 atom stereocenters. The summed E-state index contributed by atoms with van der Waals surface area (Å²) in [5.41, 5.74) is 3.26. The van der Waals surface area contributed by atoms with Gasteiger partial charge in [-0.15, -0.1) is 0 Å². The molecular weight excluding hydrogens is 430 g/mol. The molecule has 7 heteroatoms. The molecule has 34 heavy (non-hydrogen) atoms. The van der Waals surface area contributed by atoms with Gasteiger partial charge in [0.25, 0.3) is 17.7 Å². The molecule has 1 aliphatic heterocycles. The fourth-order valence-corrected chi connectivity index (χ4v) is 3.92. The van der Waals surface area contributed by atoms with Crippen LogP contribution in [0.5, 0.6) is 0 Å². The third kappa shape index (κ3) is 4.73. The van der Waals surface area contributed by atoms with E-state index in [0.29, 0.717) is 22.4 Å². The van der Waals surface area contributed by atoms with Gasteiger partial charge in [-0.2, -0.15) is 0 Å². The molecule has 2 N–H and O–H groups in total. The molecule has 4 amide bonds. The van der Waals surface area contributed by atoms with E-state index in [2.05, 4.69) is 10.6 Å². The van der Waals surface area contributed by atoms with E-state index in [-0.39, 0.29) is 24.9 Å². The Balaban J connectivity index is 1.39. The van der Waals surface area contributed by atoms with Crippen LogP contribution in [0.2, 0.25) is 0 Å². The zero-order valence-electron chi connectivity index (χ0n) is 19.0. The Morgan fingerprint density at radius 1 is 0.882 bits per heavy atom. The number of amides is 4. The molecule has 7 nitrogen and oxygen atoms in total. The van der Waals surface area contributed by atoms with Gasteiger partial charge in [-0.25, -0.2) is 0 Å². The summed E-state index contributed by atoms with van der Waals surface area (Å²) >= 11 is 0. The summed E-state index contributed by atoms with van der Waals surface area (Å²) in [4.78, 5) is 51.8. The maximum absolute atomic E-state index is 12.9. The van der Waals surface area contributed by atoms with Gasteiger partial charge >= 0.3 is 0 Å². The zero-order valence-corrected chi connectivity index (χ0v) is 19.0. The number of carbonyl (C=O) groups excluding carboxylic acids is 4. The van der Waals surface area contributed by atoms with E-state index in [4.69, 9.17) is 0 Å². The van der Waals surface area contributed by atoms with Crippen LogP contribution in [0.1, 0.15) is 61.6 Å². The van der Waals surface area contributed by atoms with Crippen LogP contribution in [0.15, 0.2) is 72.8 Å².